The van der Waals surface area contributed by atoms with Crippen LogP contribution in [-0.2, 0) is 0 Å². The Morgan fingerprint density at radius 3 is 2.77 bits per heavy atom. The molecule has 0 aliphatic heterocycles. The minimum atomic E-state index is 0.456. The van der Waals surface area contributed by atoms with Crippen LogP contribution in [0.1, 0.15) is 19.4 Å². The van der Waals surface area contributed by atoms with Crippen molar-refractivity contribution in [3.63, 3.8) is 0 Å². The molecule has 0 spiro atoms. The van der Waals surface area contributed by atoms with E-state index in [9.17, 15) is 0 Å². The van der Waals surface area contributed by atoms with E-state index in [0.29, 0.717) is 5.92 Å². The lowest BCUT2D eigenvalue weighted by Gasteiger charge is -1.99. The minimum absolute atomic E-state index is 0.456. The topological polar surface area (TPSA) is 37.3 Å². The van der Waals surface area contributed by atoms with Gasteiger partial charge in [0.25, 0.3) is 0 Å². The number of aromatic nitrogens is 1. The normalized spacial score (nSPS) is 11.1. The number of rotatable bonds is 3. The zero-order chi connectivity index (χ0) is 9.68. The summed E-state index contributed by atoms with van der Waals surface area (Å²) in [5, 5.41) is 4.03. The fraction of sp³-hybridized carbons (Fsp3) is 0.400. The Bertz CT molecular complexity index is 275. The second-order valence-corrected chi connectivity index (χ2v) is 3.35. The predicted molar refractivity (Wildman–Crippen MR) is 55.9 cm³/mol. The largest absolute Gasteiger partial charge is 0.262 e. The lowest BCUT2D eigenvalue weighted by atomic mass is 10.3. The number of nitrogens with zero attached hydrogens (tertiary/aromatic N) is 2. The summed E-state index contributed by atoms with van der Waals surface area (Å²) in [4.78, 5) is 4.15. The van der Waals surface area contributed by atoms with Gasteiger partial charge >= 0.3 is 0 Å². The first-order valence-corrected chi connectivity index (χ1v) is 4.40. The molecule has 1 heterocycles. The zero-order valence-electron chi connectivity index (χ0n) is 8.28. The molecule has 0 radical (unpaired) electrons. The molecule has 0 aromatic carbocycles. The van der Waals surface area contributed by atoms with Gasteiger partial charge in [-0.2, -0.15) is 5.10 Å². The second kappa shape index (κ2) is 4.60. The summed E-state index contributed by atoms with van der Waals surface area (Å²) >= 11 is 0. The number of hydrazone groups is 1. The third kappa shape index (κ3) is 3.69. The minimum Gasteiger partial charge on any atom is -0.262 e. The Kier molecular flexibility index (Phi) is 3.43. The predicted octanol–water partition coefficient (Wildman–Crippen LogP) is 2.44. The summed E-state index contributed by atoms with van der Waals surface area (Å²) in [6.07, 6.45) is 3.66. The van der Waals surface area contributed by atoms with Gasteiger partial charge in [0.2, 0.25) is 0 Å². The molecule has 0 bridgehead atoms. The van der Waals surface area contributed by atoms with Crippen LogP contribution in [0.5, 0.6) is 0 Å². The molecule has 0 unspecified atom stereocenters. The standard InChI is InChI=1S/C10H15N3/c1-8(2)6-12-13-10-5-4-9(3)7-11-10/h4-8H,1-3H3,(H,11,13)/b12-6+. The van der Waals surface area contributed by atoms with Crippen molar-refractivity contribution in [3.8, 4) is 0 Å². The zero-order valence-corrected chi connectivity index (χ0v) is 8.28. The van der Waals surface area contributed by atoms with Crippen molar-refractivity contribution in [2.75, 3.05) is 5.43 Å². The van der Waals surface area contributed by atoms with E-state index >= 15 is 0 Å². The van der Waals surface area contributed by atoms with Crippen molar-refractivity contribution in [1.29, 1.82) is 0 Å². The van der Waals surface area contributed by atoms with E-state index in [1.54, 1.807) is 0 Å². The maximum absolute atomic E-state index is 4.15. The van der Waals surface area contributed by atoms with Crippen LogP contribution in [0.4, 0.5) is 5.82 Å². The van der Waals surface area contributed by atoms with Crippen molar-refractivity contribution < 1.29 is 0 Å². The quantitative estimate of drug-likeness (QED) is 0.568. The number of hydrogen-bond donors (Lipinski definition) is 1. The fourth-order valence-electron chi connectivity index (χ4n) is 0.786. The molecule has 0 saturated heterocycles. The Hall–Kier alpha value is -1.38. The first-order chi connectivity index (χ1) is 6.18. The highest BCUT2D eigenvalue weighted by atomic mass is 15.3. The van der Waals surface area contributed by atoms with Gasteiger partial charge in [-0.05, 0) is 24.5 Å². The Morgan fingerprint density at radius 1 is 1.46 bits per heavy atom. The average molecular weight is 177 g/mol. The highest BCUT2D eigenvalue weighted by Crippen LogP contribution is 2.03. The Labute approximate surface area is 78.9 Å². The molecule has 0 amide bonds. The molecule has 1 N–H and O–H groups in total. The summed E-state index contributed by atoms with van der Waals surface area (Å²) in [6.45, 7) is 6.16. The number of pyridine rings is 1. The van der Waals surface area contributed by atoms with Crippen molar-refractivity contribution >= 4 is 12.0 Å². The average Bonchev–Trinajstić information content (AvgIpc) is 2.08. The molecule has 0 saturated carbocycles. The van der Waals surface area contributed by atoms with Gasteiger partial charge in [-0.1, -0.05) is 19.9 Å². The van der Waals surface area contributed by atoms with Crippen LogP contribution in [0.15, 0.2) is 23.4 Å². The molecule has 1 aromatic heterocycles. The van der Waals surface area contributed by atoms with Gasteiger partial charge in [0.15, 0.2) is 0 Å². The summed E-state index contributed by atoms with van der Waals surface area (Å²) < 4.78 is 0. The molecular formula is C10H15N3. The summed E-state index contributed by atoms with van der Waals surface area (Å²) in [5.74, 6) is 1.24. The van der Waals surface area contributed by atoms with Gasteiger partial charge in [0.05, 0.1) is 0 Å². The Morgan fingerprint density at radius 2 is 2.23 bits per heavy atom. The summed E-state index contributed by atoms with van der Waals surface area (Å²) in [5.41, 5.74) is 4.01. The molecule has 1 aromatic rings. The number of nitrogens with one attached hydrogen (secondary N) is 1. The Balaban J connectivity index is 2.50. The third-order valence-corrected chi connectivity index (χ3v) is 1.46. The molecule has 0 fully saturated rings. The van der Waals surface area contributed by atoms with E-state index in [0.717, 1.165) is 11.4 Å². The van der Waals surface area contributed by atoms with Gasteiger partial charge in [0, 0.05) is 12.4 Å². The van der Waals surface area contributed by atoms with Gasteiger partial charge in [-0.25, -0.2) is 4.98 Å². The number of anilines is 1. The van der Waals surface area contributed by atoms with Crippen LogP contribution in [0.2, 0.25) is 0 Å². The maximum Gasteiger partial charge on any atom is 0.146 e. The molecule has 0 aliphatic carbocycles. The van der Waals surface area contributed by atoms with Gasteiger partial charge < -0.3 is 0 Å². The van der Waals surface area contributed by atoms with Crippen LogP contribution >= 0.6 is 0 Å². The van der Waals surface area contributed by atoms with Crippen molar-refractivity contribution in [3.05, 3.63) is 23.9 Å². The molecule has 70 valence electrons. The van der Waals surface area contributed by atoms with Crippen molar-refractivity contribution in [1.82, 2.24) is 4.98 Å². The smallest absolute Gasteiger partial charge is 0.146 e. The van der Waals surface area contributed by atoms with E-state index in [1.165, 1.54) is 0 Å². The van der Waals surface area contributed by atoms with Crippen LogP contribution in [0, 0.1) is 12.8 Å². The summed E-state index contributed by atoms with van der Waals surface area (Å²) in [6, 6.07) is 3.91. The molecule has 13 heavy (non-hydrogen) atoms. The molecule has 0 atom stereocenters. The number of aryl methyl sites for hydroxylation is 1. The molecule has 1 rings (SSSR count). The molecular weight excluding hydrogens is 162 g/mol. The molecule has 0 aliphatic rings. The van der Waals surface area contributed by atoms with E-state index in [4.69, 9.17) is 0 Å². The third-order valence-electron chi connectivity index (χ3n) is 1.46. The van der Waals surface area contributed by atoms with E-state index in [2.05, 4.69) is 29.4 Å². The highest BCUT2D eigenvalue weighted by Gasteiger charge is 1.89. The van der Waals surface area contributed by atoms with E-state index in [1.807, 2.05) is 31.5 Å². The van der Waals surface area contributed by atoms with E-state index in [-0.39, 0.29) is 0 Å². The second-order valence-electron chi connectivity index (χ2n) is 3.35. The van der Waals surface area contributed by atoms with Crippen molar-refractivity contribution in [2.45, 2.75) is 20.8 Å². The van der Waals surface area contributed by atoms with E-state index < -0.39 is 0 Å². The van der Waals surface area contributed by atoms with Crippen molar-refractivity contribution in [2.24, 2.45) is 11.0 Å². The van der Waals surface area contributed by atoms with Crippen LogP contribution in [0.3, 0.4) is 0 Å². The van der Waals surface area contributed by atoms with Gasteiger partial charge in [0.1, 0.15) is 5.82 Å². The maximum atomic E-state index is 4.15. The summed E-state index contributed by atoms with van der Waals surface area (Å²) in [7, 11) is 0. The monoisotopic (exact) mass is 177 g/mol. The SMILES string of the molecule is Cc1ccc(N/N=C/C(C)C)nc1. The van der Waals surface area contributed by atoms with Gasteiger partial charge in [-0.3, -0.25) is 5.43 Å². The van der Waals surface area contributed by atoms with Crippen LogP contribution in [-0.4, -0.2) is 11.2 Å². The first-order valence-electron chi connectivity index (χ1n) is 4.40. The van der Waals surface area contributed by atoms with Crippen LogP contribution < -0.4 is 5.43 Å². The number of hydrogen-bond acceptors (Lipinski definition) is 3. The molecule has 3 heteroatoms. The molecule has 3 nitrogen and oxygen atoms in total. The highest BCUT2D eigenvalue weighted by molar-refractivity contribution is 5.60. The lowest BCUT2D eigenvalue weighted by Crippen LogP contribution is -1.95. The lowest BCUT2D eigenvalue weighted by molar-refractivity contribution is 0.903. The first kappa shape index (κ1) is 9.71. The van der Waals surface area contributed by atoms with Gasteiger partial charge in [-0.15, -0.1) is 0 Å². The van der Waals surface area contributed by atoms with Crippen LogP contribution in [0.25, 0.3) is 0 Å². The fourth-order valence-corrected chi connectivity index (χ4v) is 0.786.